The van der Waals surface area contributed by atoms with Gasteiger partial charge in [0.1, 0.15) is 5.75 Å². The van der Waals surface area contributed by atoms with Gasteiger partial charge in [0.2, 0.25) is 11.8 Å². The van der Waals surface area contributed by atoms with Gasteiger partial charge < -0.3 is 9.84 Å². The molecule has 0 saturated carbocycles. The standard InChI is InChI=1S/C15H17NO5/c1-15(2)7-12(17)16(13(18)8-15)10-3-5-11(6-4-10)21-9-14(19)20/h3-6H,7-9H2,1-2H3,(H,19,20). The number of hydrogen-bond acceptors (Lipinski definition) is 4. The first kappa shape index (κ1) is 15.0. The van der Waals surface area contributed by atoms with Crippen LogP contribution in [0.3, 0.4) is 0 Å². The number of aliphatic carboxylic acids is 1. The first-order valence-corrected chi connectivity index (χ1v) is 6.59. The number of imide groups is 1. The van der Waals surface area contributed by atoms with Crippen LogP contribution in [0, 0.1) is 5.41 Å². The number of carboxylic acid groups (broad SMARTS) is 1. The highest BCUT2D eigenvalue weighted by Crippen LogP contribution is 2.34. The molecule has 1 saturated heterocycles. The molecule has 2 amide bonds. The Kier molecular flexibility index (Phi) is 3.97. The topological polar surface area (TPSA) is 83.9 Å². The van der Waals surface area contributed by atoms with E-state index in [1.165, 1.54) is 4.90 Å². The van der Waals surface area contributed by atoms with Crippen molar-refractivity contribution in [3.63, 3.8) is 0 Å². The third-order valence-corrected chi connectivity index (χ3v) is 3.22. The number of amides is 2. The van der Waals surface area contributed by atoms with E-state index in [0.29, 0.717) is 24.3 Å². The van der Waals surface area contributed by atoms with Crippen molar-refractivity contribution in [2.24, 2.45) is 5.41 Å². The Labute approximate surface area is 122 Å². The highest BCUT2D eigenvalue weighted by atomic mass is 16.5. The van der Waals surface area contributed by atoms with Gasteiger partial charge in [-0.05, 0) is 29.7 Å². The average Bonchev–Trinajstić information content (AvgIpc) is 2.35. The molecule has 1 aromatic carbocycles. The Morgan fingerprint density at radius 2 is 1.71 bits per heavy atom. The first-order valence-electron chi connectivity index (χ1n) is 6.59. The van der Waals surface area contributed by atoms with Gasteiger partial charge in [-0.15, -0.1) is 0 Å². The Bertz CT molecular complexity index is 556. The van der Waals surface area contributed by atoms with Gasteiger partial charge in [-0.3, -0.25) is 14.5 Å². The van der Waals surface area contributed by atoms with Gasteiger partial charge >= 0.3 is 5.97 Å². The molecule has 1 aromatic rings. The van der Waals surface area contributed by atoms with Gasteiger partial charge in [0.25, 0.3) is 0 Å². The van der Waals surface area contributed by atoms with Gasteiger partial charge in [-0.1, -0.05) is 13.8 Å². The van der Waals surface area contributed by atoms with Gasteiger partial charge in [0, 0.05) is 12.8 Å². The number of anilines is 1. The summed E-state index contributed by atoms with van der Waals surface area (Å²) in [6, 6.07) is 6.23. The van der Waals surface area contributed by atoms with Crippen molar-refractivity contribution in [2.75, 3.05) is 11.5 Å². The molecule has 112 valence electrons. The van der Waals surface area contributed by atoms with Crippen LogP contribution in [0.2, 0.25) is 0 Å². The Morgan fingerprint density at radius 3 is 2.19 bits per heavy atom. The summed E-state index contributed by atoms with van der Waals surface area (Å²) in [4.78, 5) is 35.8. The molecule has 21 heavy (non-hydrogen) atoms. The number of piperidine rings is 1. The predicted octanol–water partition coefficient (Wildman–Crippen LogP) is 1.83. The van der Waals surface area contributed by atoms with E-state index in [1.54, 1.807) is 24.3 Å². The summed E-state index contributed by atoms with van der Waals surface area (Å²) in [6.07, 6.45) is 0.631. The molecule has 1 aliphatic heterocycles. The fraction of sp³-hybridized carbons (Fsp3) is 0.400. The molecule has 0 bridgehead atoms. The maximum Gasteiger partial charge on any atom is 0.341 e. The van der Waals surface area contributed by atoms with E-state index >= 15 is 0 Å². The van der Waals surface area contributed by atoms with Crippen molar-refractivity contribution in [1.82, 2.24) is 0 Å². The van der Waals surface area contributed by atoms with Crippen LogP contribution in [0.5, 0.6) is 5.75 Å². The zero-order valence-electron chi connectivity index (χ0n) is 12.0. The summed E-state index contributed by atoms with van der Waals surface area (Å²) in [5.74, 6) is -1.15. The molecule has 1 aliphatic rings. The molecule has 2 rings (SSSR count). The number of rotatable bonds is 4. The Balaban J connectivity index is 2.13. The van der Waals surface area contributed by atoms with Crippen LogP contribution in [-0.2, 0) is 14.4 Å². The fourth-order valence-corrected chi connectivity index (χ4v) is 2.30. The molecular weight excluding hydrogens is 274 g/mol. The van der Waals surface area contributed by atoms with Crippen molar-refractivity contribution >= 4 is 23.5 Å². The summed E-state index contributed by atoms with van der Waals surface area (Å²) in [5.41, 5.74) is 0.165. The van der Waals surface area contributed by atoms with Gasteiger partial charge in [0.15, 0.2) is 6.61 Å². The number of carbonyl (C=O) groups is 3. The normalized spacial score (nSPS) is 17.7. The van der Waals surface area contributed by atoms with Gasteiger partial charge in [-0.25, -0.2) is 4.79 Å². The lowest BCUT2D eigenvalue weighted by atomic mass is 9.81. The van der Waals surface area contributed by atoms with Crippen LogP contribution in [0.15, 0.2) is 24.3 Å². The van der Waals surface area contributed by atoms with E-state index in [9.17, 15) is 14.4 Å². The molecule has 1 N–H and O–H groups in total. The van der Waals surface area contributed by atoms with Crippen molar-refractivity contribution in [2.45, 2.75) is 26.7 Å². The zero-order chi connectivity index (χ0) is 15.6. The van der Waals surface area contributed by atoms with Crippen LogP contribution < -0.4 is 9.64 Å². The van der Waals surface area contributed by atoms with Crippen molar-refractivity contribution < 1.29 is 24.2 Å². The van der Waals surface area contributed by atoms with E-state index in [0.717, 1.165) is 0 Å². The second-order valence-electron chi connectivity index (χ2n) is 5.82. The minimum atomic E-state index is -1.07. The minimum absolute atomic E-state index is 0.226. The quantitative estimate of drug-likeness (QED) is 0.856. The van der Waals surface area contributed by atoms with Gasteiger partial charge in [-0.2, -0.15) is 0 Å². The monoisotopic (exact) mass is 291 g/mol. The molecule has 0 unspecified atom stereocenters. The second kappa shape index (κ2) is 5.55. The van der Waals surface area contributed by atoms with E-state index in [4.69, 9.17) is 9.84 Å². The number of nitrogens with zero attached hydrogens (tertiary/aromatic N) is 1. The fourth-order valence-electron chi connectivity index (χ4n) is 2.30. The number of carboxylic acids is 1. The third-order valence-electron chi connectivity index (χ3n) is 3.22. The summed E-state index contributed by atoms with van der Waals surface area (Å²) in [7, 11) is 0. The molecule has 0 aliphatic carbocycles. The second-order valence-corrected chi connectivity index (χ2v) is 5.82. The lowest BCUT2D eigenvalue weighted by Gasteiger charge is -2.34. The number of benzene rings is 1. The molecule has 0 aromatic heterocycles. The largest absolute Gasteiger partial charge is 0.482 e. The number of carbonyl (C=O) groups excluding carboxylic acids is 2. The van der Waals surface area contributed by atoms with Crippen LogP contribution in [0.4, 0.5) is 5.69 Å². The van der Waals surface area contributed by atoms with Crippen LogP contribution >= 0.6 is 0 Å². The predicted molar refractivity (Wildman–Crippen MR) is 75.1 cm³/mol. The van der Waals surface area contributed by atoms with E-state index in [1.807, 2.05) is 13.8 Å². The van der Waals surface area contributed by atoms with Crippen LogP contribution in [0.1, 0.15) is 26.7 Å². The maximum atomic E-state index is 12.1. The lowest BCUT2D eigenvalue weighted by molar-refractivity contribution is -0.139. The third kappa shape index (κ3) is 3.59. The maximum absolute atomic E-state index is 12.1. The van der Waals surface area contributed by atoms with Crippen molar-refractivity contribution in [1.29, 1.82) is 0 Å². The number of ether oxygens (including phenoxy) is 1. The Morgan fingerprint density at radius 1 is 1.19 bits per heavy atom. The SMILES string of the molecule is CC1(C)CC(=O)N(c2ccc(OCC(=O)O)cc2)C(=O)C1. The Hall–Kier alpha value is -2.37. The smallest absolute Gasteiger partial charge is 0.341 e. The van der Waals surface area contributed by atoms with E-state index in [2.05, 4.69) is 0 Å². The zero-order valence-corrected chi connectivity index (χ0v) is 12.0. The van der Waals surface area contributed by atoms with Crippen LogP contribution in [-0.4, -0.2) is 29.5 Å². The minimum Gasteiger partial charge on any atom is -0.482 e. The molecule has 6 heteroatoms. The molecule has 1 heterocycles. The lowest BCUT2D eigenvalue weighted by Crippen LogP contribution is -2.46. The molecule has 6 nitrogen and oxygen atoms in total. The first-order chi connectivity index (χ1) is 9.78. The molecule has 1 fully saturated rings. The average molecular weight is 291 g/mol. The summed E-state index contributed by atoms with van der Waals surface area (Å²) >= 11 is 0. The number of hydrogen-bond donors (Lipinski definition) is 1. The summed E-state index contributed by atoms with van der Waals surface area (Å²) in [6.45, 7) is 3.35. The van der Waals surface area contributed by atoms with Gasteiger partial charge in [0.05, 0.1) is 5.69 Å². The van der Waals surface area contributed by atoms with Crippen molar-refractivity contribution in [3.8, 4) is 5.75 Å². The molecular formula is C15H17NO5. The van der Waals surface area contributed by atoms with Crippen molar-refractivity contribution in [3.05, 3.63) is 24.3 Å². The highest BCUT2D eigenvalue weighted by molar-refractivity contribution is 6.16. The van der Waals surface area contributed by atoms with E-state index < -0.39 is 12.6 Å². The molecule has 0 spiro atoms. The highest BCUT2D eigenvalue weighted by Gasteiger charge is 2.38. The van der Waals surface area contributed by atoms with Crippen LogP contribution in [0.25, 0.3) is 0 Å². The summed E-state index contributed by atoms with van der Waals surface area (Å²) < 4.78 is 5.01. The summed E-state index contributed by atoms with van der Waals surface area (Å²) in [5, 5.41) is 8.53. The van der Waals surface area contributed by atoms with E-state index in [-0.39, 0.29) is 17.2 Å². The molecule has 0 radical (unpaired) electrons. The molecule has 0 atom stereocenters.